The van der Waals surface area contributed by atoms with Crippen LogP contribution in [0, 0.1) is 5.82 Å². The summed E-state index contributed by atoms with van der Waals surface area (Å²) in [7, 11) is 0. The number of aliphatic hydroxyl groups is 1. The van der Waals surface area contributed by atoms with E-state index in [9.17, 15) is 13.2 Å². The minimum atomic E-state index is -2.69. The molecule has 84 valence electrons. The molecule has 0 radical (unpaired) electrons. The van der Waals surface area contributed by atoms with Crippen LogP contribution in [0.3, 0.4) is 0 Å². The smallest absolute Gasteiger partial charge is 0.263 e. The molecule has 0 aromatic heterocycles. The molecule has 0 aliphatic heterocycles. The molecule has 0 amide bonds. The number of rotatable bonds is 4. The summed E-state index contributed by atoms with van der Waals surface area (Å²) in [5, 5.41) is 8.61. The maximum Gasteiger partial charge on any atom is 0.263 e. The average Bonchev–Trinajstić information content (AvgIpc) is 2.17. The van der Waals surface area contributed by atoms with Gasteiger partial charge in [-0.15, -0.1) is 0 Å². The molecule has 0 aliphatic carbocycles. The lowest BCUT2D eigenvalue weighted by molar-refractivity contribution is 0.151. The van der Waals surface area contributed by atoms with Crippen LogP contribution in [0.4, 0.5) is 13.2 Å². The maximum absolute atomic E-state index is 13.3. The van der Waals surface area contributed by atoms with Gasteiger partial charge in [0.15, 0.2) is 0 Å². The Morgan fingerprint density at radius 1 is 1.33 bits per heavy atom. The van der Waals surface area contributed by atoms with Crippen molar-refractivity contribution < 1.29 is 18.3 Å². The maximum atomic E-state index is 13.3. The highest BCUT2D eigenvalue weighted by Gasteiger charge is 2.14. The normalized spacial score (nSPS) is 13.2. The summed E-state index contributed by atoms with van der Waals surface area (Å²) in [5.41, 5.74) is 5.32. The van der Waals surface area contributed by atoms with Crippen LogP contribution >= 0.6 is 0 Å². The van der Waals surface area contributed by atoms with Gasteiger partial charge in [0, 0.05) is 23.8 Å². The van der Waals surface area contributed by atoms with Crippen LogP contribution in [0.2, 0.25) is 0 Å². The van der Waals surface area contributed by atoms with Crippen LogP contribution < -0.4 is 5.73 Å². The molecule has 0 aliphatic rings. The van der Waals surface area contributed by atoms with Gasteiger partial charge >= 0.3 is 0 Å². The summed E-state index contributed by atoms with van der Waals surface area (Å²) >= 11 is 0. The number of hydrogen-bond donors (Lipinski definition) is 2. The molecular formula is C10H12F3NO. The first-order valence-corrected chi connectivity index (χ1v) is 4.50. The fourth-order valence-corrected chi connectivity index (χ4v) is 1.27. The Kier molecular flexibility index (Phi) is 4.11. The molecule has 1 rings (SSSR count). The van der Waals surface area contributed by atoms with Crippen molar-refractivity contribution in [3.05, 3.63) is 35.1 Å². The molecule has 1 atom stereocenters. The van der Waals surface area contributed by atoms with Gasteiger partial charge in [-0.3, -0.25) is 0 Å². The van der Waals surface area contributed by atoms with Gasteiger partial charge in [0.25, 0.3) is 6.43 Å². The number of benzene rings is 1. The highest BCUT2D eigenvalue weighted by Crippen LogP contribution is 2.24. The molecule has 0 saturated carbocycles. The van der Waals surface area contributed by atoms with Crippen LogP contribution in [0.1, 0.15) is 30.0 Å². The predicted octanol–water partition coefficient (Wildman–Crippen LogP) is 2.15. The topological polar surface area (TPSA) is 46.2 Å². The van der Waals surface area contributed by atoms with E-state index in [-0.39, 0.29) is 24.2 Å². The highest BCUT2D eigenvalue weighted by molar-refractivity contribution is 5.27. The Hall–Kier alpha value is -1.07. The van der Waals surface area contributed by atoms with Crippen molar-refractivity contribution in [2.45, 2.75) is 18.9 Å². The number of hydrogen-bond acceptors (Lipinski definition) is 2. The van der Waals surface area contributed by atoms with Crippen molar-refractivity contribution in [2.24, 2.45) is 5.73 Å². The zero-order chi connectivity index (χ0) is 11.4. The van der Waals surface area contributed by atoms with Crippen molar-refractivity contribution in [1.29, 1.82) is 0 Å². The van der Waals surface area contributed by atoms with E-state index < -0.39 is 18.3 Å². The Labute approximate surface area is 85.5 Å². The molecule has 1 aromatic carbocycles. The Bertz CT molecular complexity index is 330. The van der Waals surface area contributed by atoms with Crippen molar-refractivity contribution in [3.63, 3.8) is 0 Å². The van der Waals surface area contributed by atoms with E-state index in [2.05, 4.69) is 0 Å². The number of aliphatic hydroxyl groups excluding tert-OH is 1. The lowest BCUT2D eigenvalue weighted by Gasteiger charge is -2.12. The van der Waals surface area contributed by atoms with Gasteiger partial charge in [-0.25, -0.2) is 13.2 Å². The predicted molar refractivity (Wildman–Crippen MR) is 50.0 cm³/mol. The molecule has 15 heavy (non-hydrogen) atoms. The van der Waals surface area contributed by atoms with Crippen LogP contribution in [-0.2, 0) is 0 Å². The lowest BCUT2D eigenvalue weighted by Crippen LogP contribution is -2.13. The van der Waals surface area contributed by atoms with Crippen LogP contribution in [0.25, 0.3) is 0 Å². The molecule has 1 aromatic rings. The fraction of sp³-hybridized carbons (Fsp3) is 0.400. The van der Waals surface area contributed by atoms with Crippen molar-refractivity contribution >= 4 is 0 Å². The van der Waals surface area contributed by atoms with Gasteiger partial charge in [0.2, 0.25) is 0 Å². The molecule has 0 fully saturated rings. The van der Waals surface area contributed by atoms with Gasteiger partial charge in [-0.2, -0.15) is 0 Å². The molecule has 5 heteroatoms. The Morgan fingerprint density at radius 3 is 2.47 bits per heavy atom. The molecule has 3 N–H and O–H groups in total. The van der Waals surface area contributed by atoms with Crippen LogP contribution in [-0.4, -0.2) is 11.7 Å². The molecule has 0 bridgehead atoms. The van der Waals surface area contributed by atoms with E-state index in [1.807, 2.05) is 0 Å². The molecule has 2 nitrogen and oxygen atoms in total. The molecule has 0 unspecified atom stereocenters. The minimum Gasteiger partial charge on any atom is -0.396 e. The SMILES string of the molecule is N[C@H](CCO)c1ccc(C(F)F)cc1F. The van der Waals surface area contributed by atoms with Gasteiger partial charge in [-0.1, -0.05) is 12.1 Å². The van der Waals surface area contributed by atoms with Crippen molar-refractivity contribution in [2.75, 3.05) is 6.61 Å². The summed E-state index contributed by atoms with van der Waals surface area (Å²) < 4.78 is 37.7. The lowest BCUT2D eigenvalue weighted by atomic mass is 10.0. The van der Waals surface area contributed by atoms with Gasteiger partial charge < -0.3 is 10.8 Å². The summed E-state index contributed by atoms with van der Waals surface area (Å²) in [6, 6.07) is 2.48. The van der Waals surface area contributed by atoms with E-state index in [4.69, 9.17) is 10.8 Å². The van der Waals surface area contributed by atoms with Gasteiger partial charge in [0.05, 0.1) is 0 Å². The summed E-state index contributed by atoms with van der Waals surface area (Å²) in [4.78, 5) is 0. The Balaban J connectivity index is 2.92. The second kappa shape index (κ2) is 5.14. The zero-order valence-electron chi connectivity index (χ0n) is 7.96. The van der Waals surface area contributed by atoms with E-state index in [1.165, 1.54) is 6.07 Å². The number of halogens is 3. The van der Waals surface area contributed by atoms with E-state index in [1.54, 1.807) is 0 Å². The van der Waals surface area contributed by atoms with Crippen molar-refractivity contribution in [1.82, 2.24) is 0 Å². The molecule has 0 heterocycles. The summed E-state index contributed by atoms with van der Waals surface area (Å²) in [5.74, 6) is -0.756. The molecular weight excluding hydrogens is 207 g/mol. The highest BCUT2D eigenvalue weighted by atomic mass is 19.3. The van der Waals surface area contributed by atoms with Gasteiger partial charge in [0.1, 0.15) is 5.82 Å². The van der Waals surface area contributed by atoms with Gasteiger partial charge in [-0.05, 0) is 12.5 Å². The zero-order valence-corrected chi connectivity index (χ0v) is 7.96. The first-order valence-electron chi connectivity index (χ1n) is 4.50. The number of nitrogens with two attached hydrogens (primary N) is 1. The number of alkyl halides is 2. The molecule has 0 saturated heterocycles. The third kappa shape index (κ3) is 2.94. The standard InChI is InChI=1S/C10H12F3NO/c11-8-5-6(10(12)13)1-2-7(8)9(14)3-4-15/h1-2,5,9-10,15H,3-4,14H2/t9-/m1/s1. The first kappa shape index (κ1) is 12.0. The largest absolute Gasteiger partial charge is 0.396 e. The summed E-state index contributed by atoms with van der Waals surface area (Å²) in [6.07, 6.45) is -2.49. The molecule has 0 spiro atoms. The van der Waals surface area contributed by atoms with Crippen LogP contribution in [0.5, 0.6) is 0 Å². The van der Waals surface area contributed by atoms with E-state index in [0.717, 1.165) is 12.1 Å². The summed E-state index contributed by atoms with van der Waals surface area (Å²) in [6.45, 7) is -0.169. The second-order valence-electron chi connectivity index (χ2n) is 3.20. The first-order chi connectivity index (χ1) is 7.06. The minimum absolute atomic E-state index is 0.147. The monoisotopic (exact) mass is 219 g/mol. The van der Waals surface area contributed by atoms with Crippen molar-refractivity contribution in [3.8, 4) is 0 Å². The van der Waals surface area contributed by atoms with E-state index >= 15 is 0 Å². The third-order valence-corrected chi connectivity index (χ3v) is 2.12. The van der Waals surface area contributed by atoms with Crippen LogP contribution in [0.15, 0.2) is 18.2 Å². The second-order valence-corrected chi connectivity index (χ2v) is 3.20. The van der Waals surface area contributed by atoms with E-state index in [0.29, 0.717) is 0 Å². The quantitative estimate of drug-likeness (QED) is 0.815. The third-order valence-electron chi connectivity index (χ3n) is 2.12. The Morgan fingerprint density at radius 2 is 2.00 bits per heavy atom. The fourth-order valence-electron chi connectivity index (χ4n) is 1.27. The average molecular weight is 219 g/mol.